The molecule has 2 fully saturated rings. The molecule has 5 nitrogen and oxygen atoms in total. The average molecular weight is 393 g/mol. The van der Waals surface area contributed by atoms with Crippen LogP contribution < -0.4 is 5.32 Å². The zero-order chi connectivity index (χ0) is 19.3. The van der Waals surface area contributed by atoms with E-state index in [1.54, 1.807) is 12.1 Å². The highest BCUT2D eigenvalue weighted by atomic mass is 32.2. The molecule has 1 aromatic rings. The zero-order valence-corrected chi connectivity index (χ0v) is 17.1. The average Bonchev–Trinajstić information content (AvgIpc) is 2.64. The molecule has 0 unspecified atom stereocenters. The molecule has 1 heterocycles. The molecule has 2 aliphatic rings. The number of aryl methyl sites for hydroxylation is 1. The second-order valence-electron chi connectivity index (χ2n) is 8.07. The van der Waals surface area contributed by atoms with Crippen molar-refractivity contribution >= 4 is 15.9 Å². The molecule has 3 rings (SSSR count). The largest absolute Gasteiger partial charge is 0.353 e. The second kappa shape index (κ2) is 9.20. The number of nitrogens with one attached hydrogen (secondary N) is 1. The van der Waals surface area contributed by atoms with Gasteiger partial charge in [0.1, 0.15) is 0 Å². The molecule has 1 amide bonds. The third-order valence-electron chi connectivity index (χ3n) is 5.87. The van der Waals surface area contributed by atoms with Gasteiger partial charge in [-0.15, -0.1) is 0 Å². The number of hydrogen-bond donors (Lipinski definition) is 1. The first-order valence-corrected chi connectivity index (χ1v) is 11.8. The van der Waals surface area contributed by atoms with Crippen molar-refractivity contribution < 1.29 is 13.2 Å². The number of amides is 1. The molecule has 1 saturated carbocycles. The quantitative estimate of drug-likeness (QED) is 0.851. The van der Waals surface area contributed by atoms with Gasteiger partial charge in [0.2, 0.25) is 15.9 Å². The van der Waals surface area contributed by atoms with Crippen molar-refractivity contribution in [3.63, 3.8) is 0 Å². The van der Waals surface area contributed by atoms with Gasteiger partial charge < -0.3 is 5.32 Å². The normalized spacial score (nSPS) is 23.4. The summed E-state index contributed by atoms with van der Waals surface area (Å²) in [7, 11) is -3.54. The number of carbonyl (C=O) groups is 1. The SMILES string of the molecule is Cc1ccc(S(=O)(=O)N2CCC[C@@H](C(=O)NC3CCCCCCC3)C2)cc1. The summed E-state index contributed by atoms with van der Waals surface area (Å²) in [6.45, 7) is 2.71. The fourth-order valence-corrected chi connectivity index (χ4v) is 5.68. The van der Waals surface area contributed by atoms with Crippen LogP contribution in [0.3, 0.4) is 0 Å². The molecule has 1 aliphatic heterocycles. The summed E-state index contributed by atoms with van der Waals surface area (Å²) < 4.78 is 27.4. The molecule has 27 heavy (non-hydrogen) atoms. The molecule has 6 heteroatoms. The first kappa shape index (κ1) is 20.3. The number of benzene rings is 1. The highest BCUT2D eigenvalue weighted by molar-refractivity contribution is 7.89. The van der Waals surface area contributed by atoms with Crippen LogP contribution >= 0.6 is 0 Å². The van der Waals surface area contributed by atoms with Crippen LogP contribution in [0.2, 0.25) is 0 Å². The Labute approximate surface area is 163 Å². The molecule has 1 aliphatic carbocycles. The van der Waals surface area contributed by atoms with Crippen LogP contribution in [0.1, 0.15) is 63.4 Å². The van der Waals surface area contributed by atoms with Gasteiger partial charge in [0.15, 0.2) is 0 Å². The molecule has 0 spiro atoms. The molecule has 1 aromatic carbocycles. The third-order valence-corrected chi connectivity index (χ3v) is 7.74. The molecule has 150 valence electrons. The number of piperidine rings is 1. The van der Waals surface area contributed by atoms with Gasteiger partial charge in [0.25, 0.3) is 0 Å². The summed E-state index contributed by atoms with van der Waals surface area (Å²) >= 11 is 0. The van der Waals surface area contributed by atoms with Crippen molar-refractivity contribution in [2.45, 2.75) is 75.6 Å². The first-order valence-electron chi connectivity index (χ1n) is 10.3. The minimum atomic E-state index is -3.54. The van der Waals surface area contributed by atoms with E-state index < -0.39 is 10.0 Å². The fraction of sp³-hybridized carbons (Fsp3) is 0.667. The van der Waals surface area contributed by atoms with Crippen LogP contribution in [-0.2, 0) is 14.8 Å². The number of sulfonamides is 1. The summed E-state index contributed by atoms with van der Waals surface area (Å²) in [4.78, 5) is 13.1. The van der Waals surface area contributed by atoms with Crippen molar-refractivity contribution in [3.8, 4) is 0 Å². The summed E-state index contributed by atoms with van der Waals surface area (Å²) in [6.07, 6.45) is 9.72. The Morgan fingerprint density at radius 3 is 2.26 bits per heavy atom. The Balaban J connectivity index is 1.62. The van der Waals surface area contributed by atoms with Gasteiger partial charge >= 0.3 is 0 Å². The predicted molar refractivity (Wildman–Crippen MR) is 107 cm³/mol. The molecule has 0 radical (unpaired) electrons. The maximum Gasteiger partial charge on any atom is 0.243 e. The van der Waals surface area contributed by atoms with Crippen molar-refractivity contribution in [3.05, 3.63) is 29.8 Å². The van der Waals surface area contributed by atoms with E-state index in [9.17, 15) is 13.2 Å². The third kappa shape index (κ3) is 5.32. The van der Waals surface area contributed by atoms with E-state index in [-0.39, 0.29) is 24.4 Å². The lowest BCUT2D eigenvalue weighted by molar-refractivity contribution is -0.126. The Kier molecular flexibility index (Phi) is 6.93. The van der Waals surface area contributed by atoms with E-state index >= 15 is 0 Å². The fourth-order valence-electron chi connectivity index (χ4n) is 4.15. The van der Waals surface area contributed by atoms with Crippen LogP contribution in [-0.4, -0.2) is 37.8 Å². The lowest BCUT2D eigenvalue weighted by Crippen LogP contribution is -2.47. The molecule has 1 N–H and O–H groups in total. The molecule has 1 atom stereocenters. The molecule has 0 bridgehead atoms. The molecular formula is C21H32N2O3S. The predicted octanol–water partition coefficient (Wildman–Crippen LogP) is 3.62. The van der Waals surface area contributed by atoms with Crippen LogP contribution in [0.5, 0.6) is 0 Å². The van der Waals surface area contributed by atoms with Gasteiger partial charge in [0.05, 0.1) is 10.8 Å². The van der Waals surface area contributed by atoms with E-state index in [1.807, 2.05) is 19.1 Å². The highest BCUT2D eigenvalue weighted by Crippen LogP contribution is 2.25. The summed E-state index contributed by atoms with van der Waals surface area (Å²) in [5.74, 6) is -0.214. The molecular weight excluding hydrogens is 360 g/mol. The number of nitrogens with zero attached hydrogens (tertiary/aromatic N) is 1. The minimum Gasteiger partial charge on any atom is -0.353 e. The van der Waals surface area contributed by atoms with Gasteiger partial charge in [-0.3, -0.25) is 4.79 Å². The minimum absolute atomic E-state index is 0.0318. The number of hydrogen-bond acceptors (Lipinski definition) is 3. The maximum atomic E-state index is 12.9. The van der Waals surface area contributed by atoms with E-state index in [1.165, 1.54) is 36.4 Å². The van der Waals surface area contributed by atoms with Crippen molar-refractivity contribution in [2.75, 3.05) is 13.1 Å². The maximum absolute atomic E-state index is 12.9. The van der Waals surface area contributed by atoms with E-state index in [4.69, 9.17) is 0 Å². The van der Waals surface area contributed by atoms with Crippen LogP contribution in [0.4, 0.5) is 0 Å². The Hall–Kier alpha value is -1.40. The Morgan fingerprint density at radius 2 is 1.59 bits per heavy atom. The van der Waals surface area contributed by atoms with Crippen molar-refractivity contribution in [1.29, 1.82) is 0 Å². The lowest BCUT2D eigenvalue weighted by atomic mass is 9.94. The van der Waals surface area contributed by atoms with Gasteiger partial charge in [-0.25, -0.2) is 8.42 Å². The standard InChI is InChI=1S/C21H32N2O3S/c1-17-11-13-20(14-12-17)27(25,26)23-15-7-8-18(16-23)21(24)22-19-9-5-3-2-4-6-10-19/h11-14,18-19H,2-10,15-16H2,1H3,(H,22,24)/t18-/m1/s1. The first-order chi connectivity index (χ1) is 13.0. The van der Waals surface area contributed by atoms with Crippen LogP contribution in [0.15, 0.2) is 29.2 Å². The molecule has 1 saturated heterocycles. The van der Waals surface area contributed by atoms with E-state index in [0.717, 1.165) is 31.2 Å². The monoisotopic (exact) mass is 392 g/mol. The summed E-state index contributed by atoms with van der Waals surface area (Å²) in [6, 6.07) is 7.19. The lowest BCUT2D eigenvalue weighted by Gasteiger charge is -2.32. The van der Waals surface area contributed by atoms with Gasteiger partial charge in [-0.2, -0.15) is 4.31 Å². The van der Waals surface area contributed by atoms with Crippen molar-refractivity contribution in [2.24, 2.45) is 5.92 Å². The van der Waals surface area contributed by atoms with Gasteiger partial charge in [0, 0.05) is 19.1 Å². The van der Waals surface area contributed by atoms with E-state index in [0.29, 0.717) is 11.4 Å². The smallest absolute Gasteiger partial charge is 0.243 e. The Morgan fingerprint density at radius 1 is 0.963 bits per heavy atom. The number of rotatable bonds is 4. The highest BCUT2D eigenvalue weighted by Gasteiger charge is 2.33. The Bertz CT molecular complexity index is 722. The van der Waals surface area contributed by atoms with E-state index in [2.05, 4.69) is 5.32 Å². The molecule has 0 aromatic heterocycles. The van der Waals surface area contributed by atoms with Crippen LogP contribution in [0.25, 0.3) is 0 Å². The van der Waals surface area contributed by atoms with Crippen LogP contribution in [0, 0.1) is 12.8 Å². The topological polar surface area (TPSA) is 66.5 Å². The summed E-state index contributed by atoms with van der Waals surface area (Å²) in [5, 5.41) is 3.22. The summed E-state index contributed by atoms with van der Waals surface area (Å²) in [5.41, 5.74) is 1.03. The number of carbonyl (C=O) groups excluding carboxylic acids is 1. The van der Waals surface area contributed by atoms with Crippen molar-refractivity contribution in [1.82, 2.24) is 9.62 Å². The zero-order valence-electron chi connectivity index (χ0n) is 16.3. The second-order valence-corrected chi connectivity index (χ2v) is 10.0. The van der Waals surface area contributed by atoms with Gasteiger partial charge in [-0.05, 0) is 44.7 Å². The van der Waals surface area contributed by atoms with Gasteiger partial charge in [-0.1, -0.05) is 49.8 Å².